The van der Waals surface area contributed by atoms with Crippen LogP contribution < -0.4 is 0 Å². The molecule has 0 aromatic rings. The normalized spacial score (nSPS) is 29.5. The van der Waals surface area contributed by atoms with Crippen molar-refractivity contribution in [2.45, 2.75) is 83.7 Å². The quantitative estimate of drug-likeness (QED) is 0.350. The number of alkyl halides is 3. The fourth-order valence-corrected chi connectivity index (χ4v) is 4.50. The second kappa shape index (κ2) is 8.34. The molecule has 2 rings (SSSR count). The second-order valence-electron chi connectivity index (χ2n) is 10.3. The molecule has 0 amide bonds. The Kier molecular flexibility index (Phi) is 7.04. The Balaban J connectivity index is 2.34. The summed E-state index contributed by atoms with van der Waals surface area (Å²) in [6, 6.07) is 0. The molecule has 8 heteroatoms. The van der Waals surface area contributed by atoms with Crippen LogP contribution in [0.25, 0.3) is 0 Å². The monoisotopic (exact) mass is 460 g/mol. The van der Waals surface area contributed by atoms with Crippen LogP contribution in [0.15, 0.2) is 23.3 Å². The van der Waals surface area contributed by atoms with Crippen molar-refractivity contribution in [1.29, 1.82) is 0 Å². The summed E-state index contributed by atoms with van der Waals surface area (Å²) >= 11 is 0. The minimum Gasteiger partial charge on any atom is -0.413 e. The summed E-state index contributed by atoms with van der Waals surface area (Å²) in [6.45, 7) is 15.5. The summed E-state index contributed by atoms with van der Waals surface area (Å²) in [5, 5.41) is 11.3. The molecule has 1 aliphatic carbocycles. The van der Waals surface area contributed by atoms with E-state index in [4.69, 9.17) is 13.9 Å². The Morgan fingerprint density at radius 3 is 2.29 bits per heavy atom. The van der Waals surface area contributed by atoms with Crippen molar-refractivity contribution in [3.63, 3.8) is 0 Å². The van der Waals surface area contributed by atoms with Gasteiger partial charge in [-0.25, -0.2) is 0 Å². The fraction of sp³-hybridized carbons (Fsp3) is 0.739. The van der Waals surface area contributed by atoms with Crippen LogP contribution in [0, 0.1) is 17.3 Å². The van der Waals surface area contributed by atoms with Gasteiger partial charge in [0, 0.05) is 6.42 Å². The first-order chi connectivity index (χ1) is 13.9. The lowest BCUT2D eigenvalue weighted by molar-refractivity contribution is -0.292. The highest BCUT2D eigenvalue weighted by Gasteiger charge is 2.69. The minimum absolute atomic E-state index is 0.0500. The predicted octanol–water partition coefficient (Wildman–Crippen LogP) is 5.35. The van der Waals surface area contributed by atoms with Crippen molar-refractivity contribution in [2.24, 2.45) is 5.41 Å². The molecule has 176 valence electrons. The van der Waals surface area contributed by atoms with E-state index in [0.717, 1.165) is 6.92 Å². The van der Waals surface area contributed by atoms with Gasteiger partial charge in [-0.05, 0) is 62.2 Å². The highest BCUT2D eigenvalue weighted by atomic mass is 28.4. The molecule has 1 heterocycles. The van der Waals surface area contributed by atoms with Gasteiger partial charge in [-0.1, -0.05) is 32.6 Å². The van der Waals surface area contributed by atoms with Gasteiger partial charge in [0.2, 0.25) is 0 Å². The number of halogens is 3. The molecule has 0 aromatic carbocycles. The molecule has 0 saturated carbocycles. The zero-order chi connectivity index (χ0) is 23.9. The molecule has 0 bridgehead atoms. The maximum absolute atomic E-state index is 14.2. The van der Waals surface area contributed by atoms with E-state index in [0.29, 0.717) is 12.2 Å². The van der Waals surface area contributed by atoms with Gasteiger partial charge in [-0.15, -0.1) is 0 Å². The molecule has 1 spiro atoms. The lowest BCUT2D eigenvalue weighted by Gasteiger charge is -2.50. The second-order valence-corrected chi connectivity index (χ2v) is 15.1. The molecule has 1 fully saturated rings. The van der Waals surface area contributed by atoms with Gasteiger partial charge < -0.3 is 19.0 Å². The summed E-state index contributed by atoms with van der Waals surface area (Å²) < 4.78 is 59.7. The SMILES string of the molecule is CC1=CC2(C[C@@](C)(C(F)(F)F)[C@@]1(O)C#C/C(C)=C\CO[Si](C)(C)C(C)(C)C)OCCO2. The first kappa shape index (κ1) is 26.1. The molecule has 2 atom stereocenters. The van der Waals surface area contributed by atoms with Crippen LogP contribution in [0.3, 0.4) is 0 Å². The summed E-state index contributed by atoms with van der Waals surface area (Å²) in [7, 11) is -1.95. The van der Waals surface area contributed by atoms with Crippen molar-refractivity contribution >= 4 is 8.32 Å². The Morgan fingerprint density at radius 1 is 1.26 bits per heavy atom. The predicted molar refractivity (Wildman–Crippen MR) is 117 cm³/mol. The average Bonchev–Trinajstić information content (AvgIpc) is 3.03. The van der Waals surface area contributed by atoms with Gasteiger partial charge in [-0.3, -0.25) is 0 Å². The number of hydrogen-bond acceptors (Lipinski definition) is 4. The van der Waals surface area contributed by atoms with Crippen molar-refractivity contribution in [3.05, 3.63) is 23.3 Å². The molecule has 1 aliphatic heterocycles. The number of allylic oxidation sites excluding steroid dienone is 1. The summed E-state index contributed by atoms with van der Waals surface area (Å²) in [4.78, 5) is 0. The molecule has 1 saturated heterocycles. The standard InChI is InChI=1S/C23H35F3O4Si/c1-17(10-12-30-31(7,8)19(3,4)5)9-11-22(27)18(2)15-21(28-13-14-29-21)16-20(22,6)23(24,25)26/h10,15,27H,12-14,16H2,1-8H3/b17-10-/t20-,22-/m1/s1. The third-order valence-electron chi connectivity index (χ3n) is 6.89. The van der Waals surface area contributed by atoms with Crippen LogP contribution in [0.5, 0.6) is 0 Å². The smallest absolute Gasteiger partial charge is 0.398 e. The average molecular weight is 461 g/mol. The van der Waals surface area contributed by atoms with E-state index in [1.807, 2.05) is 0 Å². The van der Waals surface area contributed by atoms with E-state index in [1.54, 1.807) is 13.0 Å². The minimum atomic E-state index is -4.72. The summed E-state index contributed by atoms with van der Waals surface area (Å²) in [5.74, 6) is 3.77. The van der Waals surface area contributed by atoms with E-state index in [1.165, 1.54) is 13.0 Å². The topological polar surface area (TPSA) is 47.9 Å². The number of rotatable bonds is 3. The van der Waals surface area contributed by atoms with Crippen molar-refractivity contribution in [3.8, 4) is 11.8 Å². The number of ether oxygens (including phenoxy) is 2. The van der Waals surface area contributed by atoms with Crippen LogP contribution in [0.2, 0.25) is 18.1 Å². The van der Waals surface area contributed by atoms with Gasteiger partial charge in [0.25, 0.3) is 0 Å². The van der Waals surface area contributed by atoms with Gasteiger partial charge in [0.15, 0.2) is 19.7 Å². The van der Waals surface area contributed by atoms with Crippen molar-refractivity contribution < 1.29 is 32.2 Å². The van der Waals surface area contributed by atoms with Gasteiger partial charge in [0.1, 0.15) is 5.41 Å². The highest BCUT2D eigenvalue weighted by Crippen LogP contribution is 2.57. The van der Waals surface area contributed by atoms with Crippen LogP contribution >= 0.6 is 0 Å². The molecule has 0 aromatic heterocycles. The molecule has 31 heavy (non-hydrogen) atoms. The molecule has 0 radical (unpaired) electrons. The van der Waals surface area contributed by atoms with Crippen LogP contribution in [-0.2, 0) is 13.9 Å². The first-order valence-corrected chi connectivity index (χ1v) is 13.4. The van der Waals surface area contributed by atoms with Gasteiger partial charge >= 0.3 is 6.18 Å². The molecular formula is C23H35F3O4Si. The third kappa shape index (κ3) is 4.96. The van der Waals surface area contributed by atoms with Crippen LogP contribution in [0.4, 0.5) is 13.2 Å². The molecule has 1 N–H and O–H groups in total. The van der Waals surface area contributed by atoms with Crippen LogP contribution in [0.1, 0.15) is 48.0 Å². The molecule has 2 aliphatic rings. The lowest BCUT2D eigenvalue weighted by atomic mass is 9.62. The van der Waals surface area contributed by atoms with Crippen molar-refractivity contribution in [2.75, 3.05) is 19.8 Å². The number of aliphatic hydroxyl groups is 1. The van der Waals surface area contributed by atoms with E-state index in [-0.39, 0.29) is 23.8 Å². The Morgan fingerprint density at radius 2 is 1.81 bits per heavy atom. The Labute approximate surface area is 185 Å². The largest absolute Gasteiger partial charge is 0.413 e. The van der Waals surface area contributed by atoms with Crippen molar-refractivity contribution in [1.82, 2.24) is 0 Å². The highest BCUT2D eigenvalue weighted by molar-refractivity contribution is 6.74. The summed E-state index contributed by atoms with van der Waals surface area (Å²) in [6.07, 6.45) is -2.11. The third-order valence-corrected chi connectivity index (χ3v) is 11.4. The van der Waals surface area contributed by atoms with Gasteiger partial charge in [-0.2, -0.15) is 13.2 Å². The summed E-state index contributed by atoms with van der Waals surface area (Å²) in [5.41, 5.74) is -4.36. The maximum Gasteiger partial charge on any atom is 0.398 e. The lowest BCUT2D eigenvalue weighted by Crippen LogP contribution is -2.61. The Hall–Kier alpha value is -1.11. The van der Waals surface area contributed by atoms with E-state index in [2.05, 4.69) is 45.7 Å². The van der Waals surface area contributed by atoms with Gasteiger partial charge in [0.05, 0.1) is 19.8 Å². The Bertz CT molecular complexity index is 807. The molecular weight excluding hydrogens is 425 g/mol. The molecule has 0 unspecified atom stereocenters. The van der Waals surface area contributed by atoms with E-state index in [9.17, 15) is 18.3 Å². The van der Waals surface area contributed by atoms with E-state index < -0.39 is 37.7 Å². The maximum atomic E-state index is 14.2. The zero-order valence-corrected chi connectivity index (χ0v) is 20.8. The number of hydrogen-bond donors (Lipinski definition) is 1. The fourth-order valence-electron chi connectivity index (χ4n) is 3.57. The van der Waals surface area contributed by atoms with E-state index >= 15 is 0 Å². The van der Waals surface area contributed by atoms with Crippen LogP contribution in [-0.4, -0.2) is 50.8 Å². The first-order valence-electron chi connectivity index (χ1n) is 10.5. The molecule has 4 nitrogen and oxygen atoms in total. The zero-order valence-electron chi connectivity index (χ0n) is 19.8.